The van der Waals surface area contributed by atoms with Crippen molar-refractivity contribution in [2.75, 3.05) is 53.8 Å². The third-order valence-electron chi connectivity index (χ3n) is 3.46. The number of carbonyl (C=O) groups is 3. The molecule has 0 radical (unpaired) electrons. The Kier molecular flexibility index (Phi) is 14.9. The Morgan fingerprint density at radius 1 is 0.931 bits per heavy atom. The van der Waals surface area contributed by atoms with Crippen molar-refractivity contribution in [2.45, 2.75) is 51.7 Å². The fraction of sp³-hybridized carbons (Fsp3) is 0.842. The van der Waals surface area contributed by atoms with Gasteiger partial charge in [-0.3, -0.25) is 4.79 Å². The minimum absolute atomic E-state index is 0.0430. The molecule has 0 spiro atoms. The van der Waals surface area contributed by atoms with Crippen LogP contribution in [0.2, 0.25) is 0 Å². The Balaban J connectivity index is 3.92. The summed E-state index contributed by atoms with van der Waals surface area (Å²) in [5.74, 6) is -0.765. The van der Waals surface area contributed by atoms with Gasteiger partial charge in [0.1, 0.15) is 18.2 Å². The minimum Gasteiger partial charge on any atom is -0.467 e. The van der Waals surface area contributed by atoms with E-state index in [1.165, 1.54) is 7.11 Å². The maximum atomic E-state index is 11.8. The molecule has 0 aliphatic carbocycles. The van der Waals surface area contributed by atoms with Gasteiger partial charge in [0.2, 0.25) is 5.91 Å². The molecule has 2 N–H and O–H groups in total. The molecule has 0 aromatic heterocycles. The smallest absolute Gasteiger partial charge is 0.408 e. The predicted molar refractivity (Wildman–Crippen MR) is 106 cm³/mol. The zero-order valence-corrected chi connectivity index (χ0v) is 18.2. The molecule has 0 fully saturated rings. The maximum Gasteiger partial charge on any atom is 0.408 e. The van der Waals surface area contributed by atoms with E-state index in [1.54, 1.807) is 27.9 Å². The van der Waals surface area contributed by atoms with Crippen LogP contribution in [0, 0.1) is 0 Å². The molecule has 0 unspecified atom stereocenters. The number of rotatable bonds is 15. The number of methoxy groups -OCH3 is 2. The van der Waals surface area contributed by atoms with Crippen LogP contribution in [0.15, 0.2) is 0 Å². The molecule has 1 atom stereocenters. The third-order valence-corrected chi connectivity index (χ3v) is 3.46. The molecule has 10 nitrogen and oxygen atoms in total. The standard InChI is InChI=1S/C19H36N2O8/c1-19(2,3)29-18(24)21-15(17(23)26-5)8-6-7-9-20-16(22)14-28-13-12-27-11-10-25-4/h15H,6-14H2,1-5H3,(H,20,22)(H,21,24)/t15-/m0/s1. The summed E-state index contributed by atoms with van der Waals surface area (Å²) < 4.78 is 25.1. The highest BCUT2D eigenvalue weighted by Crippen LogP contribution is 2.08. The fourth-order valence-electron chi connectivity index (χ4n) is 2.12. The molecule has 10 heteroatoms. The van der Waals surface area contributed by atoms with E-state index in [-0.39, 0.29) is 12.5 Å². The highest BCUT2D eigenvalue weighted by Gasteiger charge is 2.24. The molecular weight excluding hydrogens is 384 g/mol. The number of alkyl carbamates (subject to hydrolysis) is 1. The van der Waals surface area contributed by atoms with Gasteiger partial charge in [-0.05, 0) is 40.0 Å². The van der Waals surface area contributed by atoms with Crippen molar-refractivity contribution in [2.24, 2.45) is 0 Å². The van der Waals surface area contributed by atoms with E-state index in [0.29, 0.717) is 52.2 Å². The van der Waals surface area contributed by atoms with Crippen LogP contribution in [0.25, 0.3) is 0 Å². The number of hydrogen-bond acceptors (Lipinski definition) is 8. The fourth-order valence-corrected chi connectivity index (χ4v) is 2.12. The first kappa shape index (κ1) is 27.1. The van der Waals surface area contributed by atoms with E-state index < -0.39 is 23.7 Å². The van der Waals surface area contributed by atoms with Crippen LogP contribution in [0.1, 0.15) is 40.0 Å². The van der Waals surface area contributed by atoms with Crippen LogP contribution in [0.4, 0.5) is 4.79 Å². The Bertz CT molecular complexity index is 479. The normalized spacial score (nSPS) is 12.2. The van der Waals surface area contributed by atoms with Crippen LogP contribution in [-0.2, 0) is 33.3 Å². The summed E-state index contributed by atoms with van der Waals surface area (Å²) in [6.07, 6.45) is 0.931. The van der Waals surface area contributed by atoms with E-state index in [1.807, 2.05) is 0 Å². The summed E-state index contributed by atoms with van der Waals surface area (Å²) in [5.41, 5.74) is -0.660. The number of ether oxygens (including phenoxy) is 5. The number of esters is 1. The van der Waals surface area contributed by atoms with Crippen LogP contribution in [0.5, 0.6) is 0 Å². The van der Waals surface area contributed by atoms with Crippen molar-refractivity contribution in [3.05, 3.63) is 0 Å². The summed E-state index contributed by atoms with van der Waals surface area (Å²) in [4.78, 5) is 35.3. The lowest BCUT2D eigenvalue weighted by atomic mass is 10.1. The zero-order chi connectivity index (χ0) is 22.1. The summed E-state index contributed by atoms with van der Waals surface area (Å²) in [5, 5.41) is 5.24. The number of hydrogen-bond donors (Lipinski definition) is 2. The van der Waals surface area contributed by atoms with Gasteiger partial charge in [0.05, 0.1) is 33.5 Å². The average Bonchev–Trinajstić information content (AvgIpc) is 2.64. The van der Waals surface area contributed by atoms with Gasteiger partial charge in [-0.25, -0.2) is 9.59 Å². The number of amides is 2. The second-order valence-corrected chi connectivity index (χ2v) is 7.23. The van der Waals surface area contributed by atoms with Crippen molar-refractivity contribution in [1.29, 1.82) is 0 Å². The van der Waals surface area contributed by atoms with Gasteiger partial charge >= 0.3 is 12.1 Å². The summed E-state index contributed by atoms with van der Waals surface area (Å²) >= 11 is 0. The Hall–Kier alpha value is -1.91. The van der Waals surface area contributed by atoms with Gasteiger partial charge in [0.15, 0.2) is 0 Å². The van der Waals surface area contributed by atoms with Crippen LogP contribution in [0.3, 0.4) is 0 Å². The first-order valence-corrected chi connectivity index (χ1v) is 9.68. The van der Waals surface area contributed by atoms with E-state index in [2.05, 4.69) is 10.6 Å². The Morgan fingerprint density at radius 2 is 1.59 bits per heavy atom. The van der Waals surface area contributed by atoms with Crippen LogP contribution >= 0.6 is 0 Å². The Labute approximate surface area is 172 Å². The first-order chi connectivity index (χ1) is 13.7. The lowest BCUT2D eigenvalue weighted by molar-refractivity contribution is -0.143. The van der Waals surface area contributed by atoms with Gasteiger partial charge < -0.3 is 34.3 Å². The van der Waals surface area contributed by atoms with Crippen molar-refractivity contribution < 1.29 is 38.1 Å². The monoisotopic (exact) mass is 420 g/mol. The average molecular weight is 421 g/mol. The largest absolute Gasteiger partial charge is 0.467 e. The van der Waals surface area contributed by atoms with Crippen LogP contribution in [-0.4, -0.2) is 83.4 Å². The van der Waals surface area contributed by atoms with E-state index in [9.17, 15) is 14.4 Å². The van der Waals surface area contributed by atoms with Crippen molar-refractivity contribution in [1.82, 2.24) is 10.6 Å². The van der Waals surface area contributed by atoms with E-state index >= 15 is 0 Å². The molecule has 0 aliphatic rings. The molecule has 170 valence electrons. The highest BCUT2D eigenvalue weighted by molar-refractivity contribution is 5.81. The summed E-state index contributed by atoms with van der Waals surface area (Å²) in [7, 11) is 2.85. The number of nitrogens with one attached hydrogen (secondary N) is 2. The molecule has 0 aromatic carbocycles. The SMILES string of the molecule is COCCOCCOCC(=O)NCCCC[C@H](NC(=O)OC(C)(C)C)C(=O)OC. The Morgan fingerprint density at radius 3 is 2.21 bits per heavy atom. The topological polar surface area (TPSA) is 121 Å². The molecule has 0 saturated heterocycles. The summed E-state index contributed by atoms with van der Waals surface area (Å²) in [6.45, 7) is 7.34. The number of unbranched alkanes of at least 4 members (excludes halogenated alkanes) is 1. The second kappa shape index (κ2) is 15.9. The predicted octanol–water partition coefficient (Wildman–Crippen LogP) is 1.02. The van der Waals surface area contributed by atoms with Gasteiger partial charge in [-0.2, -0.15) is 0 Å². The van der Waals surface area contributed by atoms with Gasteiger partial charge in [-0.1, -0.05) is 0 Å². The van der Waals surface area contributed by atoms with E-state index in [4.69, 9.17) is 23.7 Å². The number of carbonyl (C=O) groups excluding carboxylic acids is 3. The van der Waals surface area contributed by atoms with Gasteiger partial charge in [0, 0.05) is 13.7 Å². The molecule has 0 bridgehead atoms. The van der Waals surface area contributed by atoms with Crippen LogP contribution < -0.4 is 10.6 Å². The zero-order valence-electron chi connectivity index (χ0n) is 18.2. The lowest BCUT2D eigenvalue weighted by Gasteiger charge is -2.22. The maximum absolute atomic E-state index is 11.8. The molecule has 2 amide bonds. The molecule has 29 heavy (non-hydrogen) atoms. The molecule has 0 aliphatic heterocycles. The highest BCUT2D eigenvalue weighted by atomic mass is 16.6. The molecule has 0 aromatic rings. The minimum atomic E-state index is -0.799. The second-order valence-electron chi connectivity index (χ2n) is 7.23. The van der Waals surface area contributed by atoms with Gasteiger partial charge in [0.25, 0.3) is 0 Å². The molecule has 0 rings (SSSR count). The van der Waals surface area contributed by atoms with Crippen molar-refractivity contribution >= 4 is 18.0 Å². The van der Waals surface area contributed by atoms with Crippen molar-refractivity contribution in [3.8, 4) is 0 Å². The summed E-state index contributed by atoms with van der Waals surface area (Å²) in [6, 6.07) is -0.799. The molecule has 0 saturated carbocycles. The van der Waals surface area contributed by atoms with Crippen molar-refractivity contribution in [3.63, 3.8) is 0 Å². The molecule has 0 heterocycles. The van der Waals surface area contributed by atoms with E-state index in [0.717, 1.165) is 0 Å². The third kappa shape index (κ3) is 16.7. The van der Waals surface area contributed by atoms with Gasteiger partial charge in [-0.15, -0.1) is 0 Å². The quantitative estimate of drug-likeness (QED) is 0.297. The molecular formula is C19H36N2O8. The lowest BCUT2D eigenvalue weighted by Crippen LogP contribution is -2.44. The first-order valence-electron chi connectivity index (χ1n) is 9.68.